The zero-order valence-corrected chi connectivity index (χ0v) is 24.9. The first-order valence-corrected chi connectivity index (χ1v) is 18.4. The number of rotatable bonds is 10. The number of ether oxygens (including phenoxy) is 1. The van der Waals surface area contributed by atoms with Crippen LogP contribution in [0, 0.1) is 0 Å². The molecule has 0 aliphatic carbocycles. The van der Waals surface area contributed by atoms with Gasteiger partial charge in [-0.25, -0.2) is 16.8 Å². The van der Waals surface area contributed by atoms with Gasteiger partial charge in [0.25, 0.3) is 0 Å². The van der Waals surface area contributed by atoms with Gasteiger partial charge in [0.2, 0.25) is 20.0 Å². The Kier molecular flexibility index (Phi) is 9.07. The summed E-state index contributed by atoms with van der Waals surface area (Å²) in [6, 6.07) is 14.2. The molecule has 0 spiro atoms. The summed E-state index contributed by atoms with van der Waals surface area (Å²) in [5.74, 6) is 0.143. The lowest BCUT2D eigenvalue weighted by molar-refractivity contribution is 0.208. The van der Waals surface area contributed by atoms with E-state index in [0.717, 1.165) is 18.1 Å². The fourth-order valence-corrected chi connectivity index (χ4v) is 8.06. The molecule has 1 atom stereocenters. The van der Waals surface area contributed by atoms with Gasteiger partial charge in [-0.2, -0.15) is 3.71 Å². The number of halogens is 1. The standard InChI is InChI=1S/C23H34BrNO6S2Si/c1-23(2,3)34(6,7)31-22(16-24)19-13-14-21(30-17-18-11-9-8-10-12-18)20(15-19)25(32(4,26)27)33(5,28)29/h8-15,22H,16-17H2,1-7H3/t22-/m0/s1. The lowest BCUT2D eigenvalue weighted by Crippen LogP contribution is -2.42. The fourth-order valence-electron chi connectivity index (χ4n) is 3.06. The van der Waals surface area contributed by atoms with E-state index in [-0.39, 0.29) is 23.1 Å². The summed E-state index contributed by atoms with van der Waals surface area (Å²) < 4.78 is 63.2. The first kappa shape index (κ1) is 28.8. The van der Waals surface area contributed by atoms with E-state index in [1.165, 1.54) is 6.07 Å². The summed E-state index contributed by atoms with van der Waals surface area (Å²) in [5.41, 5.74) is 1.45. The molecule has 0 fully saturated rings. The molecule has 0 N–H and O–H groups in total. The summed E-state index contributed by atoms with van der Waals surface area (Å²) in [6.45, 7) is 10.8. The van der Waals surface area contributed by atoms with Crippen LogP contribution in [-0.4, -0.2) is 43.0 Å². The highest BCUT2D eigenvalue weighted by Crippen LogP contribution is 2.42. The van der Waals surface area contributed by atoms with Crippen LogP contribution in [0.25, 0.3) is 0 Å². The maximum atomic E-state index is 12.6. The molecule has 0 bridgehead atoms. The third-order valence-electron chi connectivity index (χ3n) is 5.77. The van der Waals surface area contributed by atoms with E-state index < -0.39 is 34.5 Å². The highest BCUT2D eigenvalue weighted by atomic mass is 79.9. The maximum Gasteiger partial charge on any atom is 0.245 e. The minimum absolute atomic E-state index is 0.0411. The van der Waals surface area contributed by atoms with Crippen LogP contribution in [0.1, 0.15) is 38.0 Å². The van der Waals surface area contributed by atoms with Gasteiger partial charge in [-0.1, -0.05) is 73.1 Å². The number of hydrogen-bond donors (Lipinski definition) is 0. The van der Waals surface area contributed by atoms with Gasteiger partial charge < -0.3 is 9.16 Å². The second kappa shape index (κ2) is 10.7. The van der Waals surface area contributed by atoms with Crippen molar-refractivity contribution in [1.82, 2.24) is 0 Å². The molecule has 0 unspecified atom stereocenters. The van der Waals surface area contributed by atoms with Crippen molar-refractivity contribution in [3.8, 4) is 5.75 Å². The van der Waals surface area contributed by atoms with Crippen molar-refractivity contribution in [3.05, 3.63) is 59.7 Å². The SMILES string of the molecule is CC(C)(C)[Si](C)(C)O[C@@H](CBr)c1ccc(OCc2ccccc2)c(N(S(C)(=O)=O)S(C)(=O)=O)c1. The van der Waals surface area contributed by atoms with E-state index in [9.17, 15) is 16.8 Å². The minimum Gasteiger partial charge on any atom is -0.487 e. The molecule has 11 heteroatoms. The van der Waals surface area contributed by atoms with Gasteiger partial charge in [0, 0.05) is 5.33 Å². The Morgan fingerprint density at radius 3 is 2.00 bits per heavy atom. The Balaban J connectivity index is 2.60. The highest BCUT2D eigenvalue weighted by Gasteiger charge is 2.39. The quantitative estimate of drug-likeness (QED) is 0.269. The Labute approximate surface area is 213 Å². The molecule has 0 aromatic heterocycles. The van der Waals surface area contributed by atoms with Gasteiger partial charge in [-0.15, -0.1) is 0 Å². The van der Waals surface area contributed by atoms with Gasteiger partial charge in [-0.3, -0.25) is 0 Å². The summed E-state index contributed by atoms with van der Waals surface area (Å²) in [4.78, 5) is 0. The average Bonchev–Trinajstić information content (AvgIpc) is 2.69. The predicted octanol–water partition coefficient (Wildman–Crippen LogP) is 5.45. The molecule has 2 aromatic carbocycles. The van der Waals surface area contributed by atoms with Crippen LogP contribution >= 0.6 is 15.9 Å². The molecule has 0 radical (unpaired) electrons. The number of nitrogens with zero attached hydrogens (tertiary/aromatic N) is 1. The zero-order chi connectivity index (χ0) is 25.9. The Morgan fingerprint density at radius 1 is 0.971 bits per heavy atom. The first-order valence-electron chi connectivity index (χ1n) is 10.7. The minimum atomic E-state index is -4.17. The number of benzene rings is 2. The molecule has 0 heterocycles. The summed E-state index contributed by atoms with van der Waals surface area (Å²) >= 11 is 3.51. The molecule has 2 aromatic rings. The molecular weight excluding hydrogens is 558 g/mol. The van der Waals surface area contributed by atoms with Gasteiger partial charge in [0.1, 0.15) is 18.0 Å². The Hall–Kier alpha value is -1.40. The second-order valence-corrected chi connectivity index (χ2v) is 19.0. The third kappa shape index (κ3) is 7.30. The Morgan fingerprint density at radius 2 is 1.53 bits per heavy atom. The number of hydrogen-bond acceptors (Lipinski definition) is 6. The summed E-state index contributed by atoms with van der Waals surface area (Å²) in [5, 5.41) is 0.418. The average molecular weight is 593 g/mol. The van der Waals surface area contributed by atoms with Crippen molar-refractivity contribution in [2.24, 2.45) is 0 Å². The van der Waals surface area contributed by atoms with Crippen LogP contribution < -0.4 is 8.45 Å². The summed E-state index contributed by atoms with van der Waals surface area (Å²) in [6.07, 6.45) is 1.31. The lowest BCUT2D eigenvalue weighted by Gasteiger charge is -2.39. The lowest BCUT2D eigenvalue weighted by atomic mass is 10.1. The van der Waals surface area contributed by atoms with Crippen molar-refractivity contribution in [3.63, 3.8) is 0 Å². The van der Waals surface area contributed by atoms with Crippen LogP contribution in [0.15, 0.2) is 48.5 Å². The van der Waals surface area contributed by atoms with Crippen molar-refractivity contribution >= 4 is 50.0 Å². The first-order chi connectivity index (χ1) is 15.5. The van der Waals surface area contributed by atoms with Crippen LogP contribution in [0.2, 0.25) is 18.1 Å². The topological polar surface area (TPSA) is 90.0 Å². The van der Waals surface area contributed by atoms with Gasteiger partial charge in [0.05, 0.1) is 18.6 Å². The molecule has 34 heavy (non-hydrogen) atoms. The van der Waals surface area contributed by atoms with Crippen LogP contribution in [0.3, 0.4) is 0 Å². The highest BCUT2D eigenvalue weighted by molar-refractivity contribution is 9.09. The van der Waals surface area contributed by atoms with E-state index in [2.05, 4.69) is 49.8 Å². The largest absolute Gasteiger partial charge is 0.487 e. The molecule has 190 valence electrons. The molecular formula is C23H34BrNO6S2Si. The number of sulfonamides is 2. The predicted molar refractivity (Wildman–Crippen MR) is 144 cm³/mol. The maximum absolute atomic E-state index is 12.6. The normalized spacial score (nSPS) is 14.0. The van der Waals surface area contributed by atoms with E-state index in [1.807, 2.05) is 30.3 Å². The molecule has 0 saturated heterocycles. The van der Waals surface area contributed by atoms with Crippen molar-refractivity contribution < 1.29 is 26.0 Å². The fraction of sp³-hybridized carbons (Fsp3) is 0.478. The van der Waals surface area contributed by atoms with E-state index >= 15 is 0 Å². The van der Waals surface area contributed by atoms with E-state index in [1.54, 1.807) is 12.1 Å². The second-order valence-electron chi connectivity index (χ2n) is 9.75. The molecule has 0 amide bonds. The molecule has 0 aliphatic rings. The van der Waals surface area contributed by atoms with Crippen LogP contribution in [0.4, 0.5) is 5.69 Å². The van der Waals surface area contributed by atoms with Crippen molar-refractivity contribution in [2.75, 3.05) is 21.6 Å². The van der Waals surface area contributed by atoms with Crippen LogP contribution in [-0.2, 0) is 31.1 Å². The van der Waals surface area contributed by atoms with Gasteiger partial charge in [0.15, 0.2) is 8.32 Å². The third-order valence-corrected chi connectivity index (χ3v) is 14.1. The van der Waals surface area contributed by atoms with E-state index in [4.69, 9.17) is 9.16 Å². The smallest absolute Gasteiger partial charge is 0.245 e. The van der Waals surface area contributed by atoms with Crippen molar-refractivity contribution in [2.45, 2.75) is 51.6 Å². The summed E-state index contributed by atoms with van der Waals surface area (Å²) in [7, 11) is -10.5. The number of alkyl halides is 1. The monoisotopic (exact) mass is 591 g/mol. The molecule has 7 nitrogen and oxygen atoms in total. The Bertz CT molecular complexity index is 1160. The van der Waals surface area contributed by atoms with E-state index in [0.29, 0.717) is 14.6 Å². The van der Waals surface area contributed by atoms with Crippen LogP contribution in [0.5, 0.6) is 5.75 Å². The van der Waals surface area contributed by atoms with Gasteiger partial charge in [-0.05, 0) is 41.4 Å². The molecule has 0 saturated carbocycles. The molecule has 2 rings (SSSR count). The number of anilines is 1. The zero-order valence-electron chi connectivity index (χ0n) is 20.7. The molecule has 0 aliphatic heterocycles. The van der Waals surface area contributed by atoms with Crippen molar-refractivity contribution in [1.29, 1.82) is 0 Å². The van der Waals surface area contributed by atoms with Gasteiger partial charge >= 0.3 is 0 Å².